The highest BCUT2D eigenvalue weighted by atomic mass is 35.5. The number of rotatable bonds is 2. The minimum absolute atomic E-state index is 0.124. The molecule has 3 nitrogen and oxygen atoms in total. The van der Waals surface area contributed by atoms with Crippen LogP contribution in [0, 0.1) is 6.92 Å². The first kappa shape index (κ1) is 13.6. The summed E-state index contributed by atoms with van der Waals surface area (Å²) in [5, 5.41) is 12.5. The van der Waals surface area contributed by atoms with E-state index >= 15 is 0 Å². The van der Waals surface area contributed by atoms with E-state index in [4.69, 9.17) is 11.6 Å². The highest BCUT2D eigenvalue weighted by Crippen LogP contribution is 2.29. The molecule has 0 amide bonds. The van der Waals surface area contributed by atoms with E-state index in [1.807, 2.05) is 31.2 Å². The molecule has 3 rings (SSSR count). The Morgan fingerprint density at radius 2 is 1.90 bits per heavy atom. The topological polar surface area (TPSA) is 53.0 Å². The molecule has 0 aliphatic carbocycles. The van der Waals surface area contributed by atoms with Crippen LogP contribution in [0.25, 0.3) is 22.2 Å². The lowest BCUT2D eigenvalue weighted by Crippen LogP contribution is -2.22. The minimum atomic E-state index is -1.22. The molecule has 0 N–H and O–H groups in total. The molecule has 0 radical (unpaired) electrons. The van der Waals surface area contributed by atoms with Gasteiger partial charge >= 0.3 is 0 Å². The molecule has 0 saturated carbocycles. The zero-order valence-electron chi connectivity index (χ0n) is 11.3. The molecule has 0 aliphatic heterocycles. The van der Waals surface area contributed by atoms with Crippen LogP contribution in [0.3, 0.4) is 0 Å². The Hall–Kier alpha value is -2.39. The number of aryl methyl sites for hydroxylation is 1. The first-order valence-corrected chi connectivity index (χ1v) is 6.82. The minimum Gasteiger partial charge on any atom is -0.545 e. The molecule has 0 bridgehead atoms. The number of hydrogen-bond donors (Lipinski definition) is 0. The van der Waals surface area contributed by atoms with Crippen molar-refractivity contribution in [1.82, 2.24) is 4.98 Å². The fraction of sp³-hybridized carbons (Fsp3) is 0.0588. The molecule has 0 aliphatic rings. The van der Waals surface area contributed by atoms with E-state index in [2.05, 4.69) is 4.98 Å². The Labute approximate surface area is 126 Å². The van der Waals surface area contributed by atoms with E-state index in [0.29, 0.717) is 27.2 Å². The van der Waals surface area contributed by atoms with Crippen molar-refractivity contribution in [2.45, 2.75) is 6.92 Å². The number of benzene rings is 2. The Balaban J connectivity index is 2.34. The van der Waals surface area contributed by atoms with Crippen LogP contribution in [-0.4, -0.2) is 11.0 Å². The molecule has 0 spiro atoms. The van der Waals surface area contributed by atoms with Crippen LogP contribution in [0.1, 0.15) is 15.9 Å². The number of carboxylic acids is 1. The number of aromatic nitrogens is 1. The van der Waals surface area contributed by atoms with E-state index < -0.39 is 5.97 Å². The number of carbonyl (C=O) groups excluding carboxylic acids is 1. The Bertz CT molecular complexity index is 859. The second-order valence-corrected chi connectivity index (χ2v) is 5.25. The molecule has 1 heterocycles. The highest BCUT2D eigenvalue weighted by Gasteiger charge is 2.10. The van der Waals surface area contributed by atoms with Gasteiger partial charge in [-0.2, -0.15) is 0 Å². The molecular weight excluding hydrogens is 286 g/mol. The summed E-state index contributed by atoms with van der Waals surface area (Å²) in [5.41, 5.74) is 2.92. The van der Waals surface area contributed by atoms with Crippen molar-refractivity contribution >= 4 is 28.5 Å². The molecular formula is C17H11ClNO2-. The second kappa shape index (κ2) is 5.19. The monoisotopic (exact) mass is 296 g/mol. The number of carbonyl (C=O) groups is 1. The quantitative estimate of drug-likeness (QED) is 0.729. The predicted octanol–water partition coefficient (Wildman–Crippen LogP) is 3.23. The standard InChI is InChI=1S/C17H12ClNO2/c1-10-6-7-15-12(8-10)13(17(20)21)9-16(19-15)11-4-2-3-5-14(11)18/h2-9H,1H3,(H,20,21)/p-1. The Morgan fingerprint density at radius 3 is 2.62 bits per heavy atom. The number of pyridine rings is 1. The van der Waals surface area contributed by atoms with Gasteiger partial charge in [0.2, 0.25) is 0 Å². The fourth-order valence-corrected chi connectivity index (χ4v) is 2.55. The summed E-state index contributed by atoms with van der Waals surface area (Å²) in [7, 11) is 0. The summed E-state index contributed by atoms with van der Waals surface area (Å²) >= 11 is 6.16. The maximum absolute atomic E-state index is 11.4. The Kier molecular flexibility index (Phi) is 3.35. The SMILES string of the molecule is Cc1ccc2nc(-c3ccccc3Cl)cc(C(=O)[O-])c2c1. The number of fused-ring (bicyclic) bond motifs is 1. The van der Waals surface area contributed by atoms with Crippen molar-refractivity contribution in [2.75, 3.05) is 0 Å². The number of nitrogens with zero attached hydrogens (tertiary/aromatic N) is 1. The number of aromatic carboxylic acids is 1. The van der Waals surface area contributed by atoms with Crippen LogP contribution in [0.2, 0.25) is 5.02 Å². The smallest absolute Gasteiger partial charge is 0.0731 e. The normalized spacial score (nSPS) is 10.8. The summed E-state index contributed by atoms with van der Waals surface area (Å²) in [6.45, 7) is 1.90. The molecule has 104 valence electrons. The largest absolute Gasteiger partial charge is 0.545 e. The van der Waals surface area contributed by atoms with Crippen LogP contribution in [0.15, 0.2) is 48.5 Å². The van der Waals surface area contributed by atoms with Gasteiger partial charge in [0.1, 0.15) is 0 Å². The predicted molar refractivity (Wildman–Crippen MR) is 81.3 cm³/mol. The molecule has 0 unspecified atom stereocenters. The molecule has 0 saturated heterocycles. The van der Waals surface area contributed by atoms with Crippen molar-refractivity contribution < 1.29 is 9.90 Å². The van der Waals surface area contributed by atoms with Gasteiger partial charge in [-0.3, -0.25) is 0 Å². The van der Waals surface area contributed by atoms with Crippen molar-refractivity contribution in [1.29, 1.82) is 0 Å². The van der Waals surface area contributed by atoms with Crippen LogP contribution in [0.4, 0.5) is 0 Å². The fourth-order valence-electron chi connectivity index (χ4n) is 2.32. The van der Waals surface area contributed by atoms with Crippen LogP contribution in [-0.2, 0) is 0 Å². The highest BCUT2D eigenvalue weighted by molar-refractivity contribution is 6.33. The van der Waals surface area contributed by atoms with Crippen LogP contribution in [0.5, 0.6) is 0 Å². The number of halogens is 1. The van der Waals surface area contributed by atoms with Gasteiger partial charge < -0.3 is 9.90 Å². The lowest BCUT2D eigenvalue weighted by Gasteiger charge is -2.12. The van der Waals surface area contributed by atoms with Crippen molar-refractivity contribution in [3.8, 4) is 11.3 Å². The van der Waals surface area contributed by atoms with Gasteiger partial charge in [0, 0.05) is 21.5 Å². The maximum Gasteiger partial charge on any atom is 0.0731 e. The van der Waals surface area contributed by atoms with Gasteiger partial charge in [0.05, 0.1) is 17.2 Å². The third kappa shape index (κ3) is 2.48. The van der Waals surface area contributed by atoms with Crippen molar-refractivity contribution in [2.24, 2.45) is 0 Å². The third-order valence-corrected chi connectivity index (χ3v) is 3.66. The molecule has 0 fully saturated rings. The van der Waals surface area contributed by atoms with Gasteiger partial charge in [-0.1, -0.05) is 41.4 Å². The third-order valence-electron chi connectivity index (χ3n) is 3.33. The molecule has 0 atom stereocenters. The first-order chi connectivity index (χ1) is 10.1. The van der Waals surface area contributed by atoms with E-state index in [1.165, 1.54) is 6.07 Å². The van der Waals surface area contributed by atoms with Gasteiger partial charge in [-0.25, -0.2) is 4.98 Å². The zero-order valence-corrected chi connectivity index (χ0v) is 12.0. The Morgan fingerprint density at radius 1 is 1.14 bits per heavy atom. The molecule has 2 aromatic carbocycles. The number of carboxylic acid groups (broad SMARTS) is 1. The van der Waals surface area contributed by atoms with Gasteiger partial charge in [-0.05, 0) is 31.2 Å². The molecule has 1 aromatic heterocycles. The molecule has 4 heteroatoms. The summed E-state index contributed by atoms with van der Waals surface area (Å²) in [6, 6.07) is 14.2. The van der Waals surface area contributed by atoms with Crippen molar-refractivity contribution in [3.05, 3.63) is 64.7 Å². The van der Waals surface area contributed by atoms with Crippen molar-refractivity contribution in [3.63, 3.8) is 0 Å². The molecule has 21 heavy (non-hydrogen) atoms. The summed E-state index contributed by atoms with van der Waals surface area (Å²) in [5.74, 6) is -1.22. The summed E-state index contributed by atoms with van der Waals surface area (Å²) < 4.78 is 0. The average Bonchev–Trinajstić information content (AvgIpc) is 2.46. The average molecular weight is 297 g/mol. The zero-order chi connectivity index (χ0) is 15.0. The van der Waals surface area contributed by atoms with E-state index in [0.717, 1.165) is 5.56 Å². The lowest BCUT2D eigenvalue weighted by molar-refractivity contribution is -0.254. The summed E-state index contributed by atoms with van der Waals surface area (Å²) in [6.07, 6.45) is 0. The number of hydrogen-bond acceptors (Lipinski definition) is 3. The van der Waals surface area contributed by atoms with Gasteiger partial charge in [0.25, 0.3) is 0 Å². The van der Waals surface area contributed by atoms with Gasteiger partial charge in [-0.15, -0.1) is 0 Å². The first-order valence-electron chi connectivity index (χ1n) is 6.44. The lowest BCUT2D eigenvalue weighted by atomic mass is 10.0. The van der Waals surface area contributed by atoms with E-state index in [1.54, 1.807) is 18.2 Å². The van der Waals surface area contributed by atoms with Crippen LogP contribution >= 0.6 is 11.6 Å². The van der Waals surface area contributed by atoms with Gasteiger partial charge in [0.15, 0.2) is 0 Å². The maximum atomic E-state index is 11.4. The second-order valence-electron chi connectivity index (χ2n) is 4.84. The van der Waals surface area contributed by atoms with Crippen LogP contribution < -0.4 is 5.11 Å². The molecule has 3 aromatic rings. The van der Waals surface area contributed by atoms with E-state index in [-0.39, 0.29) is 5.56 Å². The summed E-state index contributed by atoms with van der Waals surface area (Å²) in [4.78, 5) is 15.9. The van der Waals surface area contributed by atoms with E-state index in [9.17, 15) is 9.90 Å².